The van der Waals surface area contributed by atoms with Gasteiger partial charge in [-0.05, 0) is 57.3 Å². The van der Waals surface area contributed by atoms with E-state index in [1.165, 1.54) is 6.42 Å². The Kier molecular flexibility index (Phi) is 7.52. The first-order valence-electron chi connectivity index (χ1n) is 12.2. The van der Waals surface area contributed by atoms with Crippen LogP contribution >= 0.6 is 0 Å². The number of nitrogens with zero attached hydrogens (tertiary/aromatic N) is 4. The molecular formula is C24H33N7O4. The van der Waals surface area contributed by atoms with Crippen molar-refractivity contribution in [3.8, 4) is 12.3 Å². The van der Waals surface area contributed by atoms with Gasteiger partial charge in [-0.15, -0.1) is 12.3 Å². The van der Waals surface area contributed by atoms with Crippen molar-refractivity contribution in [3.05, 3.63) is 11.6 Å². The van der Waals surface area contributed by atoms with Crippen LogP contribution in [0.25, 0.3) is 11.2 Å². The highest BCUT2D eigenvalue weighted by Gasteiger charge is 2.29. The van der Waals surface area contributed by atoms with Gasteiger partial charge in [-0.3, -0.25) is 10.7 Å². The summed E-state index contributed by atoms with van der Waals surface area (Å²) in [5, 5.41) is 42.8. The average molecular weight is 484 g/mol. The average Bonchev–Trinajstić information content (AvgIpc) is 3.15. The highest BCUT2D eigenvalue weighted by atomic mass is 16.4. The van der Waals surface area contributed by atoms with Crippen LogP contribution in [-0.4, -0.2) is 59.4 Å². The summed E-state index contributed by atoms with van der Waals surface area (Å²) >= 11 is 0. The summed E-state index contributed by atoms with van der Waals surface area (Å²) in [6.45, 7) is 2.12. The van der Waals surface area contributed by atoms with E-state index in [1.807, 2.05) is 9.88 Å². The molecule has 2 fully saturated rings. The van der Waals surface area contributed by atoms with Crippen molar-refractivity contribution in [1.82, 2.24) is 24.8 Å². The summed E-state index contributed by atoms with van der Waals surface area (Å²) in [6.07, 6.45) is 10.2. The number of terminal acetylenes is 1. The van der Waals surface area contributed by atoms with Crippen LogP contribution in [0.1, 0.15) is 69.6 Å². The highest BCUT2D eigenvalue weighted by molar-refractivity contribution is 6.03. The molecule has 0 spiro atoms. The fourth-order valence-electron chi connectivity index (χ4n) is 4.99. The van der Waals surface area contributed by atoms with Crippen LogP contribution in [-0.2, 0) is 6.54 Å². The predicted molar refractivity (Wildman–Crippen MR) is 130 cm³/mol. The van der Waals surface area contributed by atoms with Crippen LogP contribution in [0.4, 0.5) is 10.6 Å². The summed E-state index contributed by atoms with van der Waals surface area (Å²) in [5.41, 5.74) is 0.805. The lowest BCUT2D eigenvalue weighted by molar-refractivity contribution is 0.0847. The van der Waals surface area contributed by atoms with E-state index < -0.39 is 24.6 Å². The zero-order valence-corrected chi connectivity index (χ0v) is 19.9. The summed E-state index contributed by atoms with van der Waals surface area (Å²) in [7, 11) is 0. The number of hydrogen-bond donors (Lipinski definition) is 6. The van der Waals surface area contributed by atoms with E-state index in [2.05, 4.69) is 33.1 Å². The number of fused-ring (bicyclic) bond motifs is 1. The molecule has 2 aliphatic rings. The molecule has 188 valence electrons. The van der Waals surface area contributed by atoms with Gasteiger partial charge in [0.25, 0.3) is 0 Å². The molecular weight excluding hydrogens is 450 g/mol. The number of nitrogens with one attached hydrogen (secondary N) is 3. The first-order chi connectivity index (χ1) is 16.8. The normalized spacial score (nSPS) is 22.1. The smallest absolute Gasteiger partial charge is 0.410 e. The minimum absolute atomic E-state index is 0.0944. The molecule has 0 saturated heterocycles. The van der Waals surface area contributed by atoms with Crippen molar-refractivity contribution in [3.63, 3.8) is 0 Å². The molecule has 0 bridgehead atoms. The molecule has 11 heteroatoms. The summed E-state index contributed by atoms with van der Waals surface area (Å²) in [6, 6.07) is 0.0944. The third-order valence-corrected chi connectivity index (χ3v) is 7.30. The third kappa shape index (κ3) is 5.39. The molecule has 0 aromatic carbocycles. The van der Waals surface area contributed by atoms with E-state index in [4.69, 9.17) is 16.9 Å². The minimum Gasteiger partial charge on any atom is -0.465 e. The number of aromatic nitrogens is 4. The van der Waals surface area contributed by atoms with E-state index >= 15 is 0 Å². The second-order valence-electron chi connectivity index (χ2n) is 9.66. The monoisotopic (exact) mass is 483 g/mol. The Morgan fingerprint density at radius 2 is 1.94 bits per heavy atom. The number of anilines is 1. The van der Waals surface area contributed by atoms with Gasteiger partial charge in [0.1, 0.15) is 17.4 Å². The third-order valence-electron chi connectivity index (χ3n) is 7.30. The maximum absolute atomic E-state index is 11.1. The molecule has 0 radical (unpaired) electrons. The van der Waals surface area contributed by atoms with E-state index in [-0.39, 0.29) is 29.3 Å². The van der Waals surface area contributed by atoms with Crippen LogP contribution < -0.4 is 10.6 Å². The fraction of sp³-hybridized carbons (Fsp3) is 0.625. The number of amides is 1. The summed E-state index contributed by atoms with van der Waals surface area (Å²) in [5.74, 6) is 4.04. The Morgan fingerprint density at radius 1 is 1.23 bits per heavy atom. The largest absolute Gasteiger partial charge is 0.465 e. The van der Waals surface area contributed by atoms with Gasteiger partial charge in [-0.25, -0.2) is 19.7 Å². The van der Waals surface area contributed by atoms with Crippen molar-refractivity contribution in [2.24, 2.45) is 17.8 Å². The van der Waals surface area contributed by atoms with Gasteiger partial charge in [0.15, 0.2) is 23.1 Å². The SMILES string of the molecule is C#CC1CCC(Cn2c(C(O)CO)nc3nc(C(=N)NC(=O)O)nc(N[C@H](C)C4CCC4)c32)CC1. The zero-order valence-electron chi connectivity index (χ0n) is 19.9. The van der Waals surface area contributed by atoms with Crippen LogP contribution in [0.2, 0.25) is 0 Å². The van der Waals surface area contributed by atoms with Crippen LogP contribution in [0.3, 0.4) is 0 Å². The van der Waals surface area contributed by atoms with Crippen LogP contribution in [0.15, 0.2) is 0 Å². The maximum atomic E-state index is 11.1. The fourth-order valence-corrected chi connectivity index (χ4v) is 4.99. The topological polar surface area (TPSA) is 169 Å². The Hall–Kier alpha value is -3.23. The molecule has 1 amide bonds. The molecule has 1 unspecified atom stereocenters. The van der Waals surface area contributed by atoms with Gasteiger partial charge >= 0.3 is 6.09 Å². The molecule has 2 aromatic heterocycles. The Morgan fingerprint density at radius 3 is 2.51 bits per heavy atom. The minimum atomic E-state index is -1.39. The number of aliphatic hydroxyl groups excluding tert-OH is 2. The first kappa shape index (κ1) is 24.9. The van der Waals surface area contributed by atoms with Crippen molar-refractivity contribution in [2.75, 3.05) is 11.9 Å². The van der Waals surface area contributed by atoms with Gasteiger partial charge in [0, 0.05) is 18.5 Å². The Balaban J connectivity index is 1.78. The molecule has 2 heterocycles. The van der Waals surface area contributed by atoms with Crippen LogP contribution in [0.5, 0.6) is 0 Å². The molecule has 11 nitrogen and oxygen atoms in total. The number of rotatable bonds is 8. The highest BCUT2D eigenvalue weighted by Crippen LogP contribution is 2.35. The molecule has 2 aromatic rings. The quantitative estimate of drug-likeness (QED) is 0.189. The zero-order chi connectivity index (χ0) is 25.1. The Bertz CT molecular complexity index is 1130. The van der Waals surface area contributed by atoms with Gasteiger partial charge < -0.3 is 25.2 Å². The van der Waals surface area contributed by atoms with Crippen molar-refractivity contribution in [1.29, 1.82) is 5.41 Å². The predicted octanol–water partition coefficient (Wildman–Crippen LogP) is 2.49. The summed E-state index contributed by atoms with van der Waals surface area (Å²) in [4.78, 5) is 24.4. The van der Waals surface area contributed by atoms with Crippen molar-refractivity contribution < 1.29 is 20.1 Å². The van der Waals surface area contributed by atoms with Crippen molar-refractivity contribution >= 4 is 28.9 Å². The standard InChI is InChI=1S/C24H33N7O4/c1-3-14-7-9-15(10-8-14)11-31-18-20(26-13(2)16-5-4-6-16)28-22(19(25)27-24(34)35)29-21(18)30-23(31)17(33)12-32/h1,13-17,32-33H,4-12H2,2H3,(H2,25,27)(H,34,35)(H,26,28,29)/t13-,14?,15?,17?/m1/s1. The number of aliphatic hydroxyl groups is 2. The number of carboxylic acid groups (broad SMARTS) is 1. The lowest BCUT2D eigenvalue weighted by Gasteiger charge is -2.32. The summed E-state index contributed by atoms with van der Waals surface area (Å²) < 4.78 is 1.87. The molecule has 4 rings (SSSR count). The molecule has 0 aliphatic heterocycles. The lowest BCUT2D eigenvalue weighted by atomic mass is 9.80. The lowest BCUT2D eigenvalue weighted by Crippen LogP contribution is -2.33. The number of imidazole rings is 1. The van der Waals surface area contributed by atoms with E-state index in [1.54, 1.807) is 0 Å². The number of carbonyl (C=O) groups is 1. The molecule has 2 atom stereocenters. The molecule has 6 N–H and O–H groups in total. The first-order valence-corrected chi connectivity index (χ1v) is 12.2. The van der Waals surface area contributed by atoms with Gasteiger partial charge in [0.2, 0.25) is 0 Å². The van der Waals surface area contributed by atoms with E-state index in [0.29, 0.717) is 29.7 Å². The number of hydrogen-bond acceptors (Lipinski definition) is 8. The molecule has 35 heavy (non-hydrogen) atoms. The van der Waals surface area contributed by atoms with Gasteiger partial charge in [-0.1, -0.05) is 6.42 Å². The second-order valence-corrected chi connectivity index (χ2v) is 9.66. The van der Waals surface area contributed by atoms with Gasteiger partial charge in [-0.2, -0.15) is 0 Å². The van der Waals surface area contributed by atoms with E-state index in [9.17, 15) is 15.0 Å². The van der Waals surface area contributed by atoms with Crippen LogP contribution in [0, 0.1) is 35.5 Å². The molecule has 2 aliphatic carbocycles. The Labute approximate surface area is 203 Å². The second kappa shape index (κ2) is 10.6. The van der Waals surface area contributed by atoms with Crippen molar-refractivity contribution in [2.45, 2.75) is 70.6 Å². The van der Waals surface area contributed by atoms with Gasteiger partial charge in [0.05, 0.1) is 6.61 Å². The maximum Gasteiger partial charge on any atom is 0.410 e. The van der Waals surface area contributed by atoms with E-state index in [0.717, 1.165) is 38.5 Å². The molecule has 2 saturated carbocycles. The number of amidine groups is 1.